The van der Waals surface area contributed by atoms with E-state index in [1.807, 2.05) is 6.08 Å². The molecular formula is C23H27ClO4. The van der Waals surface area contributed by atoms with Crippen molar-refractivity contribution in [2.45, 2.75) is 59.0 Å². The summed E-state index contributed by atoms with van der Waals surface area (Å²) < 4.78 is 5.77. The second kappa shape index (κ2) is 6.16. The number of fused-ring (bicyclic) bond motifs is 5. The normalized spacial score (nSPS) is 44.0. The molecule has 0 saturated heterocycles. The summed E-state index contributed by atoms with van der Waals surface area (Å²) in [6.45, 7) is 7.20. The van der Waals surface area contributed by atoms with Gasteiger partial charge in [0.25, 0.3) is 0 Å². The van der Waals surface area contributed by atoms with Crippen LogP contribution in [0, 0.1) is 28.6 Å². The molecule has 150 valence electrons. The van der Waals surface area contributed by atoms with E-state index in [4.69, 9.17) is 16.3 Å². The van der Waals surface area contributed by atoms with Crippen molar-refractivity contribution in [2.75, 3.05) is 0 Å². The van der Waals surface area contributed by atoms with Gasteiger partial charge in [0, 0.05) is 22.8 Å². The van der Waals surface area contributed by atoms with Gasteiger partial charge in [-0.15, -0.1) is 0 Å². The number of halogens is 1. The quantitative estimate of drug-likeness (QED) is 0.637. The molecule has 6 atom stereocenters. The molecule has 0 heterocycles. The van der Waals surface area contributed by atoms with Gasteiger partial charge in [-0.2, -0.15) is 0 Å². The molecule has 4 rings (SSSR count). The molecule has 2 fully saturated rings. The van der Waals surface area contributed by atoms with Crippen molar-refractivity contribution in [1.29, 1.82) is 0 Å². The standard InChI is InChI=1S/C23H27ClO4/c1-13(25)23(28-14(2)26)10-7-18-16-12-20(24)19-11-15(27)5-8-21(19,3)17(16)6-9-22(18,23)4/h5,8,11-12,16-18H,6-7,9-10H2,1-4H3/t16-,17+,18+,21-,22+,23+/m0/s1. The zero-order chi connectivity index (χ0) is 20.5. The van der Waals surface area contributed by atoms with E-state index >= 15 is 0 Å². The maximum absolute atomic E-state index is 12.7. The Bertz CT molecular complexity index is 868. The lowest BCUT2D eigenvalue weighted by Crippen LogP contribution is -2.58. The van der Waals surface area contributed by atoms with E-state index in [9.17, 15) is 14.4 Å². The van der Waals surface area contributed by atoms with Crippen molar-refractivity contribution in [2.24, 2.45) is 28.6 Å². The number of Topliss-reactive ketones (excluding diaryl/α,β-unsaturated/α-hetero) is 1. The first-order chi connectivity index (χ1) is 13.0. The molecule has 0 amide bonds. The Kier molecular flexibility index (Phi) is 4.32. The van der Waals surface area contributed by atoms with Crippen molar-refractivity contribution >= 4 is 29.1 Å². The van der Waals surface area contributed by atoms with Gasteiger partial charge in [0.05, 0.1) is 0 Å². The predicted molar refractivity (Wildman–Crippen MR) is 106 cm³/mol. The first-order valence-corrected chi connectivity index (χ1v) is 10.5. The molecule has 2 saturated carbocycles. The van der Waals surface area contributed by atoms with Gasteiger partial charge in [0.15, 0.2) is 17.2 Å². The molecule has 0 aromatic carbocycles. The third-order valence-electron chi connectivity index (χ3n) is 8.17. The van der Waals surface area contributed by atoms with Crippen molar-refractivity contribution in [1.82, 2.24) is 0 Å². The molecule has 5 heteroatoms. The number of hydrogen-bond acceptors (Lipinski definition) is 4. The van der Waals surface area contributed by atoms with Crippen molar-refractivity contribution in [3.05, 3.63) is 34.9 Å². The van der Waals surface area contributed by atoms with Crippen LogP contribution in [-0.4, -0.2) is 23.1 Å². The zero-order valence-corrected chi connectivity index (χ0v) is 17.6. The molecule has 0 bridgehead atoms. The largest absolute Gasteiger partial charge is 0.451 e. The van der Waals surface area contributed by atoms with E-state index in [-0.39, 0.29) is 28.8 Å². The molecule has 0 unspecified atom stereocenters. The molecule has 0 radical (unpaired) electrons. The first-order valence-electron chi connectivity index (χ1n) is 10.1. The van der Waals surface area contributed by atoms with Gasteiger partial charge in [0.1, 0.15) is 0 Å². The molecule has 0 N–H and O–H groups in total. The molecule has 0 aromatic rings. The summed E-state index contributed by atoms with van der Waals surface area (Å²) in [6, 6.07) is 0. The lowest BCUT2D eigenvalue weighted by molar-refractivity contribution is -0.184. The lowest BCUT2D eigenvalue weighted by atomic mass is 9.48. The van der Waals surface area contributed by atoms with E-state index in [2.05, 4.69) is 19.9 Å². The van der Waals surface area contributed by atoms with Gasteiger partial charge < -0.3 is 4.74 Å². The van der Waals surface area contributed by atoms with Crippen LogP contribution in [0.2, 0.25) is 0 Å². The number of carbonyl (C=O) groups excluding carboxylic acids is 3. The summed E-state index contributed by atoms with van der Waals surface area (Å²) >= 11 is 6.67. The third kappa shape index (κ3) is 2.39. The number of ketones is 2. The van der Waals surface area contributed by atoms with E-state index in [0.717, 1.165) is 24.8 Å². The number of ether oxygens (including phenoxy) is 1. The van der Waals surface area contributed by atoms with Gasteiger partial charge in [-0.1, -0.05) is 37.6 Å². The minimum atomic E-state index is -1.05. The Labute approximate surface area is 171 Å². The molecule has 4 aliphatic rings. The van der Waals surface area contributed by atoms with E-state index in [1.165, 1.54) is 6.92 Å². The third-order valence-corrected chi connectivity index (χ3v) is 8.50. The Hall–Kier alpha value is -1.68. The molecule has 4 aliphatic carbocycles. The van der Waals surface area contributed by atoms with Crippen LogP contribution in [0.15, 0.2) is 34.9 Å². The number of esters is 1. The Morgan fingerprint density at radius 3 is 2.46 bits per heavy atom. The summed E-state index contributed by atoms with van der Waals surface area (Å²) in [5.41, 5.74) is -0.841. The molecule has 0 spiro atoms. The SMILES string of the molecule is CC(=O)O[C@@]1(C(C)=O)CC[C@@H]2[C@H]3C=C(Cl)C4=CC(=O)C=C[C@@]4(C)[C@@H]3CC[C@]21C. The fourth-order valence-corrected chi connectivity index (χ4v) is 7.19. The number of rotatable bonds is 2. The van der Waals surface area contributed by atoms with Crippen LogP contribution in [0.4, 0.5) is 0 Å². The zero-order valence-electron chi connectivity index (χ0n) is 16.9. The highest BCUT2D eigenvalue weighted by atomic mass is 35.5. The molecule has 0 aromatic heterocycles. The van der Waals surface area contributed by atoms with Crippen LogP contribution in [0.3, 0.4) is 0 Å². The van der Waals surface area contributed by atoms with E-state index < -0.39 is 17.0 Å². The Morgan fingerprint density at radius 2 is 1.82 bits per heavy atom. The van der Waals surface area contributed by atoms with Crippen LogP contribution in [-0.2, 0) is 19.1 Å². The monoisotopic (exact) mass is 402 g/mol. The summed E-state index contributed by atoms with van der Waals surface area (Å²) in [4.78, 5) is 36.5. The van der Waals surface area contributed by atoms with E-state index in [1.54, 1.807) is 19.1 Å². The molecule has 28 heavy (non-hydrogen) atoms. The highest BCUT2D eigenvalue weighted by Gasteiger charge is 2.67. The van der Waals surface area contributed by atoms with Crippen molar-refractivity contribution < 1.29 is 19.1 Å². The highest BCUT2D eigenvalue weighted by molar-refractivity contribution is 6.32. The van der Waals surface area contributed by atoms with Crippen LogP contribution in [0.1, 0.15) is 53.4 Å². The van der Waals surface area contributed by atoms with Crippen molar-refractivity contribution in [3.8, 4) is 0 Å². The smallest absolute Gasteiger partial charge is 0.303 e. The molecule has 4 nitrogen and oxygen atoms in total. The number of carbonyl (C=O) groups is 3. The van der Waals surface area contributed by atoms with Crippen LogP contribution >= 0.6 is 11.6 Å². The summed E-state index contributed by atoms with van der Waals surface area (Å²) in [6.07, 6.45) is 10.5. The van der Waals surface area contributed by atoms with Gasteiger partial charge >= 0.3 is 5.97 Å². The van der Waals surface area contributed by atoms with Crippen LogP contribution in [0.25, 0.3) is 0 Å². The highest BCUT2D eigenvalue weighted by Crippen LogP contribution is 2.67. The minimum absolute atomic E-state index is 0.0237. The topological polar surface area (TPSA) is 60.4 Å². The minimum Gasteiger partial charge on any atom is -0.451 e. The second-order valence-electron chi connectivity index (χ2n) is 9.35. The fraction of sp³-hybridized carbons (Fsp3) is 0.609. The average molecular weight is 403 g/mol. The lowest BCUT2D eigenvalue weighted by Gasteiger charge is -2.56. The molecular weight excluding hydrogens is 376 g/mol. The fourth-order valence-electron chi connectivity index (χ4n) is 6.79. The summed E-state index contributed by atoms with van der Waals surface area (Å²) in [5, 5.41) is 0.638. The Morgan fingerprint density at radius 1 is 1.14 bits per heavy atom. The predicted octanol–water partition coefficient (Wildman–Crippen LogP) is 4.53. The maximum Gasteiger partial charge on any atom is 0.303 e. The van der Waals surface area contributed by atoms with E-state index in [0.29, 0.717) is 17.4 Å². The van der Waals surface area contributed by atoms with Gasteiger partial charge in [-0.3, -0.25) is 14.4 Å². The summed E-state index contributed by atoms with van der Waals surface area (Å²) in [5.74, 6) is 0.207. The number of allylic oxidation sites excluding steroid dienone is 6. The summed E-state index contributed by atoms with van der Waals surface area (Å²) in [7, 11) is 0. The Balaban J connectivity index is 1.80. The first kappa shape index (κ1) is 19.6. The molecule has 0 aliphatic heterocycles. The van der Waals surface area contributed by atoms with Gasteiger partial charge in [0.2, 0.25) is 0 Å². The van der Waals surface area contributed by atoms with Gasteiger partial charge in [-0.25, -0.2) is 0 Å². The van der Waals surface area contributed by atoms with Crippen LogP contribution in [0.5, 0.6) is 0 Å². The second-order valence-corrected chi connectivity index (χ2v) is 9.76. The van der Waals surface area contributed by atoms with Crippen molar-refractivity contribution in [3.63, 3.8) is 0 Å². The number of hydrogen-bond donors (Lipinski definition) is 0. The maximum atomic E-state index is 12.7. The average Bonchev–Trinajstić information content (AvgIpc) is 2.90. The van der Waals surface area contributed by atoms with Crippen LogP contribution < -0.4 is 0 Å². The van der Waals surface area contributed by atoms with Gasteiger partial charge in [-0.05, 0) is 68.1 Å².